The van der Waals surface area contributed by atoms with Crippen molar-refractivity contribution in [1.29, 1.82) is 0 Å². The molecule has 2 aromatic rings. The first-order valence-corrected chi connectivity index (χ1v) is 6.63. The second kappa shape index (κ2) is 4.94. The maximum absolute atomic E-state index is 12.4. The van der Waals surface area contributed by atoms with Crippen molar-refractivity contribution in [3.8, 4) is 0 Å². The monoisotopic (exact) mass is 283 g/mol. The van der Waals surface area contributed by atoms with Crippen LogP contribution in [0.4, 0.5) is 5.69 Å². The summed E-state index contributed by atoms with van der Waals surface area (Å²) in [6.07, 6.45) is 3.56. The zero-order chi connectivity index (χ0) is 14.1. The Morgan fingerprint density at radius 3 is 2.80 bits per heavy atom. The molecule has 1 saturated heterocycles. The van der Waals surface area contributed by atoms with Crippen molar-refractivity contribution in [2.75, 3.05) is 4.90 Å². The first-order chi connectivity index (χ1) is 9.65. The number of nitrogens with zero attached hydrogens (tertiary/aromatic N) is 1. The molecule has 20 heavy (non-hydrogen) atoms. The zero-order valence-corrected chi connectivity index (χ0v) is 11.7. The number of hydrogen-bond donors (Lipinski definition) is 2. The second-order valence-corrected chi connectivity index (χ2v) is 4.98. The number of benzene rings is 1. The average Bonchev–Trinajstić information content (AvgIpc) is 2.99. The lowest BCUT2D eigenvalue weighted by atomic mass is 10.2. The fourth-order valence-electron chi connectivity index (χ4n) is 2.13. The lowest BCUT2D eigenvalue weighted by Crippen LogP contribution is -2.30. The van der Waals surface area contributed by atoms with Crippen LogP contribution < -0.4 is 10.2 Å². The molecule has 1 aliphatic rings. The summed E-state index contributed by atoms with van der Waals surface area (Å²) in [4.78, 5) is 17.0. The van der Waals surface area contributed by atoms with E-state index in [1.54, 1.807) is 6.08 Å². The Morgan fingerprint density at radius 1 is 1.25 bits per heavy atom. The number of aromatic nitrogens is 1. The minimum Gasteiger partial charge on any atom is -0.362 e. The van der Waals surface area contributed by atoms with Gasteiger partial charge < -0.3 is 10.3 Å². The van der Waals surface area contributed by atoms with E-state index < -0.39 is 0 Å². The standard InChI is InChI=1S/C15H13N3OS/c1-10-4-2-6-12(8-10)18-14(19)13(17-15(18)20)9-11-5-3-7-16-11/h2-9,16H,1H3,(H,17,20)/b13-9+. The third kappa shape index (κ3) is 2.23. The van der Waals surface area contributed by atoms with Crippen LogP contribution in [0.2, 0.25) is 0 Å². The first-order valence-electron chi connectivity index (χ1n) is 6.22. The van der Waals surface area contributed by atoms with Gasteiger partial charge in [-0.2, -0.15) is 0 Å². The van der Waals surface area contributed by atoms with Crippen LogP contribution in [0.25, 0.3) is 6.08 Å². The van der Waals surface area contributed by atoms with Crippen LogP contribution in [-0.2, 0) is 4.79 Å². The molecule has 0 saturated carbocycles. The van der Waals surface area contributed by atoms with Crippen LogP contribution in [-0.4, -0.2) is 16.0 Å². The normalized spacial score (nSPS) is 16.9. The van der Waals surface area contributed by atoms with E-state index in [1.807, 2.05) is 49.5 Å². The van der Waals surface area contributed by atoms with Crippen molar-refractivity contribution in [2.24, 2.45) is 0 Å². The molecule has 2 N–H and O–H groups in total. The SMILES string of the molecule is Cc1cccc(N2C(=O)/C(=C\c3ccc[nH]3)NC2=S)c1. The van der Waals surface area contributed by atoms with Crippen molar-refractivity contribution < 1.29 is 4.79 Å². The van der Waals surface area contributed by atoms with E-state index in [9.17, 15) is 4.79 Å². The molecule has 1 aliphatic heterocycles. The Hall–Kier alpha value is -2.40. The summed E-state index contributed by atoms with van der Waals surface area (Å²) >= 11 is 5.26. The molecule has 0 bridgehead atoms. The summed E-state index contributed by atoms with van der Waals surface area (Å²) in [5, 5.41) is 3.36. The fourth-order valence-corrected chi connectivity index (χ4v) is 2.42. The minimum absolute atomic E-state index is 0.143. The average molecular weight is 283 g/mol. The van der Waals surface area contributed by atoms with Crippen LogP contribution in [0.5, 0.6) is 0 Å². The molecule has 0 spiro atoms. The van der Waals surface area contributed by atoms with Crippen LogP contribution in [0, 0.1) is 6.92 Å². The smallest absolute Gasteiger partial charge is 0.281 e. The molecule has 0 aliphatic carbocycles. The van der Waals surface area contributed by atoms with Gasteiger partial charge >= 0.3 is 0 Å². The molecule has 1 aromatic heterocycles. The van der Waals surface area contributed by atoms with Crippen molar-refractivity contribution >= 4 is 35.0 Å². The van der Waals surface area contributed by atoms with Gasteiger partial charge in [0, 0.05) is 11.9 Å². The molecule has 1 aromatic carbocycles. The molecule has 0 radical (unpaired) electrons. The molecular formula is C15H13N3OS. The summed E-state index contributed by atoms with van der Waals surface area (Å²) in [6, 6.07) is 11.5. The summed E-state index contributed by atoms with van der Waals surface area (Å²) < 4.78 is 0. The van der Waals surface area contributed by atoms with Gasteiger partial charge in [-0.25, -0.2) is 0 Å². The van der Waals surface area contributed by atoms with Gasteiger partial charge in [0.15, 0.2) is 5.11 Å². The number of carbonyl (C=O) groups is 1. The van der Waals surface area contributed by atoms with Crippen molar-refractivity contribution in [2.45, 2.75) is 6.92 Å². The van der Waals surface area contributed by atoms with Crippen LogP contribution in [0.15, 0.2) is 48.3 Å². The van der Waals surface area contributed by atoms with E-state index in [1.165, 1.54) is 4.90 Å². The largest absolute Gasteiger partial charge is 0.362 e. The fraction of sp³-hybridized carbons (Fsp3) is 0.0667. The number of H-pyrrole nitrogens is 1. The maximum atomic E-state index is 12.4. The predicted octanol–water partition coefficient (Wildman–Crippen LogP) is 2.59. The number of nitrogens with one attached hydrogen (secondary N) is 2. The number of amides is 1. The minimum atomic E-state index is -0.143. The van der Waals surface area contributed by atoms with Crippen molar-refractivity contribution in [1.82, 2.24) is 10.3 Å². The Morgan fingerprint density at radius 2 is 2.10 bits per heavy atom. The Balaban J connectivity index is 1.95. The molecule has 1 fully saturated rings. The van der Waals surface area contributed by atoms with Gasteiger partial charge in [0.1, 0.15) is 5.70 Å². The summed E-state index contributed by atoms with van der Waals surface area (Å²) in [6.45, 7) is 1.98. The number of rotatable bonds is 2. The third-order valence-electron chi connectivity index (χ3n) is 3.06. The summed E-state index contributed by atoms with van der Waals surface area (Å²) in [5.41, 5.74) is 3.19. The van der Waals surface area contributed by atoms with E-state index in [0.717, 1.165) is 16.9 Å². The number of aromatic amines is 1. The Kier molecular flexibility index (Phi) is 3.12. The number of aryl methyl sites for hydroxylation is 1. The zero-order valence-electron chi connectivity index (χ0n) is 10.9. The number of anilines is 1. The molecule has 0 unspecified atom stereocenters. The van der Waals surface area contributed by atoms with Gasteiger partial charge in [0.2, 0.25) is 0 Å². The summed E-state index contributed by atoms with van der Waals surface area (Å²) in [5.74, 6) is -0.143. The molecule has 0 atom stereocenters. The highest BCUT2D eigenvalue weighted by Crippen LogP contribution is 2.22. The van der Waals surface area contributed by atoms with Gasteiger partial charge in [-0.1, -0.05) is 12.1 Å². The molecule has 1 amide bonds. The first kappa shape index (κ1) is 12.6. The molecule has 3 rings (SSSR count). The van der Waals surface area contributed by atoms with E-state index in [0.29, 0.717) is 10.8 Å². The number of carbonyl (C=O) groups excluding carboxylic acids is 1. The van der Waals surface area contributed by atoms with Crippen molar-refractivity contribution in [3.05, 3.63) is 59.5 Å². The Labute approximate surface area is 122 Å². The van der Waals surface area contributed by atoms with Gasteiger partial charge in [-0.05, 0) is 55.0 Å². The lowest BCUT2D eigenvalue weighted by Gasteiger charge is -2.14. The predicted molar refractivity (Wildman–Crippen MR) is 83.2 cm³/mol. The second-order valence-electron chi connectivity index (χ2n) is 4.59. The highest BCUT2D eigenvalue weighted by molar-refractivity contribution is 7.80. The number of thiocarbonyl (C=S) groups is 1. The quantitative estimate of drug-likeness (QED) is 0.658. The summed E-state index contributed by atoms with van der Waals surface area (Å²) in [7, 11) is 0. The van der Waals surface area contributed by atoms with Gasteiger partial charge in [-0.15, -0.1) is 0 Å². The molecule has 100 valence electrons. The van der Waals surface area contributed by atoms with E-state index in [4.69, 9.17) is 12.2 Å². The van der Waals surface area contributed by atoms with E-state index in [-0.39, 0.29) is 5.91 Å². The highest BCUT2D eigenvalue weighted by Gasteiger charge is 2.31. The van der Waals surface area contributed by atoms with Crippen LogP contribution in [0.3, 0.4) is 0 Å². The highest BCUT2D eigenvalue weighted by atomic mass is 32.1. The molecule has 2 heterocycles. The lowest BCUT2D eigenvalue weighted by molar-refractivity contribution is -0.113. The van der Waals surface area contributed by atoms with Gasteiger partial charge in [-0.3, -0.25) is 9.69 Å². The maximum Gasteiger partial charge on any atom is 0.281 e. The Bertz CT molecular complexity index is 704. The van der Waals surface area contributed by atoms with Crippen LogP contribution in [0.1, 0.15) is 11.3 Å². The third-order valence-corrected chi connectivity index (χ3v) is 3.34. The van der Waals surface area contributed by atoms with Crippen molar-refractivity contribution in [3.63, 3.8) is 0 Å². The topological polar surface area (TPSA) is 48.1 Å². The molecular weight excluding hydrogens is 270 g/mol. The van der Waals surface area contributed by atoms with E-state index in [2.05, 4.69) is 10.3 Å². The van der Waals surface area contributed by atoms with Crippen LogP contribution >= 0.6 is 12.2 Å². The van der Waals surface area contributed by atoms with Gasteiger partial charge in [0.05, 0.1) is 5.69 Å². The molecule has 4 nitrogen and oxygen atoms in total. The number of hydrogen-bond acceptors (Lipinski definition) is 2. The van der Waals surface area contributed by atoms with Gasteiger partial charge in [0.25, 0.3) is 5.91 Å². The van der Waals surface area contributed by atoms with E-state index >= 15 is 0 Å². The molecule has 5 heteroatoms.